The van der Waals surface area contributed by atoms with Crippen LogP contribution in [0.5, 0.6) is 0 Å². The van der Waals surface area contributed by atoms with Crippen LogP contribution in [0.15, 0.2) is 24.4 Å². The van der Waals surface area contributed by atoms with Crippen molar-refractivity contribution in [2.24, 2.45) is 11.7 Å². The molecule has 0 aliphatic rings. The Morgan fingerprint density at radius 2 is 1.87 bits per heavy atom. The van der Waals surface area contributed by atoms with E-state index < -0.39 is 0 Å². The van der Waals surface area contributed by atoms with Crippen LogP contribution in [0.25, 0.3) is 0 Å². The number of nitrogens with two attached hydrogens (primary N) is 2. The predicted molar refractivity (Wildman–Crippen MR) is 96.9 cm³/mol. The van der Waals surface area contributed by atoms with Crippen LogP contribution in [0.2, 0.25) is 0 Å². The first-order chi connectivity index (χ1) is 10.9. The fourth-order valence-electron chi connectivity index (χ4n) is 2.25. The van der Waals surface area contributed by atoms with Gasteiger partial charge in [0.1, 0.15) is 5.82 Å². The molecule has 1 aromatic carbocycles. The van der Waals surface area contributed by atoms with E-state index in [4.69, 9.17) is 11.5 Å². The summed E-state index contributed by atoms with van der Waals surface area (Å²) in [6.45, 7) is 8.89. The molecule has 0 bridgehead atoms. The number of aryl methyl sites for hydroxylation is 2. The Morgan fingerprint density at radius 1 is 1.17 bits per heavy atom. The van der Waals surface area contributed by atoms with Gasteiger partial charge in [-0.05, 0) is 49.1 Å². The lowest BCUT2D eigenvalue weighted by molar-refractivity contribution is 0.530. The first-order valence-electron chi connectivity index (χ1n) is 7.84. The van der Waals surface area contributed by atoms with Gasteiger partial charge >= 0.3 is 0 Å². The van der Waals surface area contributed by atoms with Crippen LogP contribution in [0.4, 0.5) is 23.1 Å². The monoisotopic (exact) mass is 314 g/mol. The van der Waals surface area contributed by atoms with Crippen LogP contribution in [0.3, 0.4) is 0 Å². The fourth-order valence-corrected chi connectivity index (χ4v) is 2.25. The minimum Gasteiger partial charge on any atom is -0.397 e. The highest BCUT2D eigenvalue weighted by Crippen LogP contribution is 2.25. The van der Waals surface area contributed by atoms with Gasteiger partial charge < -0.3 is 22.1 Å². The molecular weight excluding hydrogens is 288 g/mol. The van der Waals surface area contributed by atoms with Crippen molar-refractivity contribution in [1.82, 2.24) is 9.97 Å². The molecular formula is C17H26N6. The first-order valence-corrected chi connectivity index (χ1v) is 7.84. The average Bonchev–Trinajstić information content (AvgIpc) is 2.50. The normalized spacial score (nSPS) is 12.3. The summed E-state index contributed by atoms with van der Waals surface area (Å²) in [5.41, 5.74) is 15.7. The summed E-state index contributed by atoms with van der Waals surface area (Å²) in [4.78, 5) is 8.74. The molecule has 0 saturated carbocycles. The summed E-state index contributed by atoms with van der Waals surface area (Å²) in [7, 11) is 0. The molecule has 23 heavy (non-hydrogen) atoms. The van der Waals surface area contributed by atoms with Crippen LogP contribution in [-0.4, -0.2) is 22.6 Å². The SMILES string of the molecule is Cc1cc(N)c(Nc2nccc(N[C@H](CN)C(C)C)n2)cc1C. The van der Waals surface area contributed by atoms with E-state index >= 15 is 0 Å². The van der Waals surface area contributed by atoms with E-state index in [1.54, 1.807) is 6.20 Å². The van der Waals surface area contributed by atoms with Crippen molar-refractivity contribution < 1.29 is 0 Å². The molecule has 1 atom stereocenters. The molecule has 0 saturated heterocycles. The number of anilines is 4. The lowest BCUT2D eigenvalue weighted by Crippen LogP contribution is -2.34. The van der Waals surface area contributed by atoms with Crippen molar-refractivity contribution >= 4 is 23.1 Å². The van der Waals surface area contributed by atoms with Gasteiger partial charge in [-0.1, -0.05) is 13.8 Å². The van der Waals surface area contributed by atoms with Crippen LogP contribution in [0, 0.1) is 19.8 Å². The Bertz CT molecular complexity index is 668. The standard InChI is InChI=1S/C17H26N6/c1-10(2)15(9-18)21-16-5-6-20-17(23-16)22-14-8-12(4)11(3)7-13(14)19/h5-8,10,15H,9,18-19H2,1-4H3,(H2,20,21,22,23)/t15-/m1/s1. The molecule has 6 N–H and O–H groups in total. The van der Waals surface area contributed by atoms with Crippen LogP contribution in [0.1, 0.15) is 25.0 Å². The Morgan fingerprint density at radius 3 is 2.52 bits per heavy atom. The lowest BCUT2D eigenvalue weighted by Gasteiger charge is -2.21. The topological polar surface area (TPSA) is 102 Å². The van der Waals surface area contributed by atoms with Gasteiger partial charge in [-0.15, -0.1) is 0 Å². The Balaban J connectivity index is 2.19. The highest BCUT2D eigenvalue weighted by Gasteiger charge is 2.12. The zero-order valence-corrected chi connectivity index (χ0v) is 14.2. The van der Waals surface area contributed by atoms with Gasteiger partial charge in [0.2, 0.25) is 5.95 Å². The van der Waals surface area contributed by atoms with Crippen molar-refractivity contribution in [3.05, 3.63) is 35.5 Å². The number of rotatable bonds is 6. The average molecular weight is 314 g/mol. The number of nitrogens with zero attached hydrogens (tertiary/aromatic N) is 2. The van der Waals surface area contributed by atoms with Crippen molar-refractivity contribution in [3.8, 4) is 0 Å². The molecule has 1 heterocycles. The second-order valence-corrected chi connectivity index (χ2v) is 6.14. The molecule has 0 radical (unpaired) electrons. The van der Waals surface area contributed by atoms with Gasteiger partial charge in [0.25, 0.3) is 0 Å². The van der Waals surface area contributed by atoms with E-state index in [1.807, 2.05) is 32.0 Å². The number of aromatic nitrogens is 2. The lowest BCUT2D eigenvalue weighted by atomic mass is 10.1. The molecule has 0 unspecified atom stereocenters. The summed E-state index contributed by atoms with van der Waals surface area (Å²) < 4.78 is 0. The highest BCUT2D eigenvalue weighted by atomic mass is 15.2. The number of hydrogen-bond acceptors (Lipinski definition) is 6. The van der Waals surface area contributed by atoms with Gasteiger partial charge in [0.15, 0.2) is 0 Å². The number of nitrogen functional groups attached to an aromatic ring is 1. The zero-order valence-electron chi connectivity index (χ0n) is 14.2. The van der Waals surface area contributed by atoms with E-state index in [0.29, 0.717) is 24.1 Å². The maximum atomic E-state index is 6.07. The summed E-state index contributed by atoms with van der Waals surface area (Å²) in [5.74, 6) is 1.67. The van der Waals surface area contributed by atoms with Crippen LogP contribution in [-0.2, 0) is 0 Å². The van der Waals surface area contributed by atoms with Crippen LogP contribution >= 0.6 is 0 Å². The van der Waals surface area contributed by atoms with Gasteiger partial charge in [0.05, 0.1) is 11.4 Å². The third kappa shape index (κ3) is 4.32. The summed E-state index contributed by atoms with van der Waals surface area (Å²) in [6, 6.07) is 5.96. The molecule has 0 spiro atoms. The Hall–Kier alpha value is -2.34. The van der Waals surface area contributed by atoms with E-state index in [9.17, 15) is 0 Å². The number of hydrogen-bond donors (Lipinski definition) is 4. The molecule has 0 aliphatic carbocycles. The zero-order chi connectivity index (χ0) is 17.0. The summed E-state index contributed by atoms with van der Waals surface area (Å²) in [6.07, 6.45) is 1.71. The molecule has 6 heteroatoms. The highest BCUT2D eigenvalue weighted by molar-refractivity contribution is 5.72. The Kier molecular flexibility index (Phi) is 5.39. The molecule has 0 amide bonds. The van der Waals surface area contributed by atoms with Gasteiger partial charge in [0, 0.05) is 18.8 Å². The first kappa shape index (κ1) is 17.0. The van der Waals surface area contributed by atoms with Gasteiger partial charge in [-0.2, -0.15) is 4.98 Å². The van der Waals surface area contributed by atoms with Crippen molar-refractivity contribution in [2.45, 2.75) is 33.7 Å². The third-order valence-electron chi connectivity index (χ3n) is 3.96. The smallest absolute Gasteiger partial charge is 0.229 e. The molecule has 0 aliphatic heterocycles. The molecule has 124 valence electrons. The molecule has 1 aromatic heterocycles. The molecule has 6 nitrogen and oxygen atoms in total. The minimum absolute atomic E-state index is 0.171. The van der Waals surface area contributed by atoms with E-state index in [-0.39, 0.29) is 6.04 Å². The Labute approximate surface area is 137 Å². The second-order valence-electron chi connectivity index (χ2n) is 6.14. The predicted octanol–water partition coefficient (Wildman–Crippen LogP) is 2.81. The van der Waals surface area contributed by atoms with Crippen molar-refractivity contribution in [1.29, 1.82) is 0 Å². The van der Waals surface area contributed by atoms with Gasteiger partial charge in [-0.25, -0.2) is 4.98 Å². The largest absolute Gasteiger partial charge is 0.397 e. The number of benzene rings is 1. The van der Waals surface area contributed by atoms with E-state index in [0.717, 1.165) is 17.1 Å². The third-order valence-corrected chi connectivity index (χ3v) is 3.96. The van der Waals surface area contributed by atoms with Crippen LogP contribution < -0.4 is 22.1 Å². The molecule has 2 rings (SSSR count). The maximum Gasteiger partial charge on any atom is 0.229 e. The number of nitrogens with one attached hydrogen (secondary N) is 2. The summed E-state index contributed by atoms with van der Waals surface area (Å²) >= 11 is 0. The molecule has 0 fully saturated rings. The summed E-state index contributed by atoms with van der Waals surface area (Å²) in [5, 5.41) is 6.52. The van der Waals surface area contributed by atoms with Crippen molar-refractivity contribution in [2.75, 3.05) is 22.9 Å². The second kappa shape index (κ2) is 7.28. The van der Waals surface area contributed by atoms with Gasteiger partial charge in [-0.3, -0.25) is 0 Å². The molecule has 2 aromatic rings. The fraction of sp³-hybridized carbons (Fsp3) is 0.412. The minimum atomic E-state index is 0.171. The van der Waals surface area contributed by atoms with E-state index in [2.05, 4.69) is 34.4 Å². The van der Waals surface area contributed by atoms with Crippen molar-refractivity contribution in [3.63, 3.8) is 0 Å². The quantitative estimate of drug-likeness (QED) is 0.612. The van der Waals surface area contributed by atoms with E-state index in [1.165, 1.54) is 5.56 Å². The maximum absolute atomic E-state index is 6.07.